The quantitative estimate of drug-likeness (QED) is 0.675. The third-order valence-corrected chi connectivity index (χ3v) is 2.94. The summed E-state index contributed by atoms with van der Waals surface area (Å²) in [7, 11) is 0. The monoisotopic (exact) mass is 286 g/mol. The van der Waals surface area contributed by atoms with Gasteiger partial charge in [0.2, 0.25) is 0 Å². The predicted octanol–water partition coefficient (Wildman–Crippen LogP) is 2.86. The fourth-order valence-corrected chi connectivity index (χ4v) is 1.89. The van der Waals surface area contributed by atoms with E-state index in [4.69, 9.17) is 0 Å². The second-order valence-corrected chi connectivity index (χ2v) is 5.16. The fourth-order valence-electron chi connectivity index (χ4n) is 1.89. The normalized spacial score (nSPS) is 10.9. The van der Waals surface area contributed by atoms with E-state index in [1.807, 2.05) is 13.0 Å². The Morgan fingerprint density at radius 1 is 1.24 bits per heavy atom. The third-order valence-electron chi connectivity index (χ3n) is 2.94. The van der Waals surface area contributed by atoms with Gasteiger partial charge in [-0.2, -0.15) is 0 Å². The van der Waals surface area contributed by atoms with Crippen molar-refractivity contribution in [1.29, 1.82) is 0 Å². The number of aryl methyl sites for hydroxylation is 1. The Labute approximate surface area is 123 Å². The van der Waals surface area contributed by atoms with Gasteiger partial charge in [0.1, 0.15) is 0 Å². The number of aromatic nitrogens is 2. The van der Waals surface area contributed by atoms with Crippen LogP contribution in [0, 0.1) is 17.0 Å². The molecule has 0 unspecified atom stereocenters. The zero-order valence-corrected chi connectivity index (χ0v) is 12.3. The molecule has 110 valence electrons. The van der Waals surface area contributed by atoms with Gasteiger partial charge in [0.15, 0.2) is 5.82 Å². The van der Waals surface area contributed by atoms with Crippen LogP contribution in [0.15, 0.2) is 30.3 Å². The van der Waals surface area contributed by atoms with Crippen LogP contribution < -0.4 is 5.32 Å². The molecule has 21 heavy (non-hydrogen) atoms. The summed E-state index contributed by atoms with van der Waals surface area (Å²) in [6.07, 6.45) is 0. The molecule has 2 rings (SSSR count). The van der Waals surface area contributed by atoms with Crippen LogP contribution in [0.2, 0.25) is 0 Å². The van der Waals surface area contributed by atoms with Crippen LogP contribution in [0.1, 0.15) is 25.2 Å². The molecule has 2 aromatic rings. The molecule has 0 saturated carbocycles. The molecule has 1 N–H and O–H groups in total. The van der Waals surface area contributed by atoms with Crippen LogP contribution in [-0.2, 0) is 6.54 Å². The first-order valence-electron chi connectivity index (χ1n) is 6.78. The van der Waals surface area contributed by atoms with Crippen molar-refractivity contribution in [3.63, 3.8) is 0 Å². The van der Waals surface area contributed by atoms with Crippen LogP contribution in [0.5, 0.6) is 0 Å². The molecule has 0 bridgehead atoms. The van der Waals surface area contributed by atoms with E-state index in [2.05, 4.69) is 29.1 Å². The number of nitro groups is 1. The van der Waals surface area contributed by atoms with E-state index in [1.165, 1.54) is 12.1 Å². The molecule has 0 radical (unpaired) electrons. The van der Waals surface area contributed by atoms with Gasteiger partial charge in [-0.1, -0.05) is 13.8 Å². The Kier molecular flexibility index (Phi) is 4.59. The van der Waals surface area contributed by atoms with Crippen molar-refractivity contribution >= 4 is 5.69 Å². The Morgan fingerprint density at radius 2 is 1.90 bits per heavy atom. The summed E-state index contributed by atoms with van der Waals surface area (Å²) in [5.41, 5.74) is 2.62. The number of hydrogen-bond donors (Lipinski definition) is 1. The van der Waals surface area contributed by atoms with Gasteiger partial charge in [-0.15, -0.1) is 0 Å². The van der Waals surface area contributed by atoms with Gasteiger partial charge < -0.3 is 5.32 Å². The summed E-state index contributed by atoms with van der Waals surface area (Å²) in [5, 5.41) is 14.0. The molecule has 1 aromatic heterocycles. The zero-order valence-electron chi connectivity index (χ0n) is 12.3. The number of nitrogens with one attached hydrogen (secondary N) is 1. The number of nitro benzene ring substituents is 1. The lowest BCUT2D eigenvalue weighted by atomic mass is 10.2. The Morgan fingerprint density at radius 3 is 2.48 bits per heavy atom. The molecule has 0 spiro atoms. The lowest BCUT2D eigenvalue weighted by Gasteiger charge is -2.09. The summed E-state index contributed by atoms with van der Waals surface area (Å²) < 4.78 is 0. The van der Waals surface area contributed by atoms with Gasteiger partial charge in [-0.3, -0.25) is 10.1 Å². The number of nitrogens with zero attached hydrogens (tertiary/aromatic N) is 3. The molecule has 0 atom stereocenters. The summed E-state index contributed by atoms with van der Waals surface area (Å²) in [4.78, 5) is 19.2. The molecule has 0 fully saturated rings. The largest absolute Gasteiger partial charge is 0.309 e. The maximum absolute atomic E-state index is 10.7. The molecular weight excluding hydrogens is 268 g/mol. The summed E-state index contributed by atoms with van der Waals surface area (Å²) in [6.45, 7) is 6.73. The summed E-state index contributed by atoms with van der Waals surface area (Å²) in [5.74, 6) is 0.588. The second kappa shape index (κ2) is 6.41. The number of benzene rings is 1. The molecule has 0 aliphatic heterocycles. The molecule has 0 aliphatic carbocycles. The van der Waals surface area contributed by atoms with Crippen molar-refractivity contribution in [2.75, 3.05) is 0 Å². The first-order valence-corrected chi connectivity index (χ1v) is 6.78. The minimum atomic E-state index is -0.418. The Hall–Kier alpha value is -2.34. The van der Waals surface area contributed by atoms with E-state index in [9.17, 15) is 10.1 Å². The van der Waals surface area contributed by atoms with Crippen molar-refractivity contribution in [1.82, 2.24) is 15.3 Å². The van der Waals surface area contributed by atoms with Crippen molar-refractivity contribution in [3.05, 3.63) is 51.8 Å². The molecular formula is C15H18N4O2. The standard InChI is InChI=1S/C15H18N4O2/c1-10(2)16-9-13-8-11(3)17-15(18-13)12-4-6-14(7-5-12)19(20)21/h4-8,10,16H,9H2,1-3H3. The van der Waals surface area contributed by atoms with Crippen LogP contribution in [-0.4, -0.2) is 20.9 Å². The molecule has 0 amide bonds. The molecule has 0 aliphatic rings. The second-order valence-electron chi connectivity index (χ2n) is 5.16. The zero-order chi connectivity index (χ0) is 15.4. The fraction of sp³-hybridized carbons (Fsp3) is 0.333. The lowest BCUT2D eigenvalue weighted by Crippen LogP contribution is -2.22. The minimum Gasteiger partial charge on any atom is -0.309 e. The van der Waals surface area contributed by atoms with Gasteiger partial charge in [-0.25, -0.2) is 9.97 Å². The highest BCUT2D eigenvalue weighted by Gasteiger charge is 2.09. The minimum absolute atomic E-state index is 0.0631. The maximum Gasteiger partial charge on any atom is 0.269 e. The van der Waals surface area contributed by atoms with E-state index in [1.54, 1.807) is 12.1 Å². The lowest BCUT2D eigenvalue weighted by molar-refractivity contribution is -0.384. The number of non-ortho nitro benzene ring substituents is 1. The Balaban J connectivity index is 2.28. The van der Waals surface area contributed by atoms with Crippen LogP contribution >= 0.6 is 0 Å². The van der Waals surface area contributed by atoms with Crippen LogP contribution in [0.25, 0.3) is 11.4 Å². The highest BCUT2D eigenvalue weighted by atomic mass is 16.6. The van der Waals surface area contributed by atoms with E-state index in [0.717, 1.165) is 17.0 Å². The molecule has 1 heterocycles. The van der Waals surface area contributed by atoms with Crippen molar-refractivity contribution in [3.8, 4) is 11.4 Å². The molecule has 6 nitrogen and oxygen atoms in total. The van der Waals surface area contributed by atoms with Crippen molar-refractivity contribution < 1.29 is 4.92 Å². The van der Waals surface area contributed by atoms with E-state index in [0.29, 0.717) is 18.4 Å². The van der Waals surface area contributed by atoms with E-state index in [-0.39, 0.29) is 5.69 Å². The topological polar surface area (TPSA) is 81.0 Å². The SMILES string of the molecule is Cc1cc(CNC(C)C)nc(-c2ccc([N+](=O)[O-])cc2)n1. The van der Waals surface area contributed by atoms with Crippen molar-refractivity contribution in [2.45, 2.75) is 33.4 Å². The highest BCUT2D eigenvalue weighted by Crippen LogP contribution is 2.20. The number of hydrogen-bond acceptors (Lipinski definition) is 5. The van der Waals surface area contributed by atoms with E-state index >= 15 is 0 Å². The van der Waals surface area contributed by atoms with Crippen LogP contribution in [0.3, 0.4) is 0 Å². The highest BCUT2D eigenvalue weighted by molar-refractivity contribution is 5.57. The van der Waals surface area contributed by atoms with E-state index < -0.39 is 4.92 Å². The first kappa shape index (κ1) is 15.1. The molecule has 1 aromatic carbocycles. The predicted molar refractivity (Wildman–Crippen MR) is 80.8 cm³/mol. The van der Waals surface area contributed by atoms with Gasteiger partial charge in [0.05, 0.1) is 10.6 Å². The van der Waals surface area contributed by atoms with Gasteiger partial charge in [0.25, 0.3) is 5.69 Å². The van der Waals surface area contributed by atoms with Crippen molar-refractivity contribution in [2.24, 2.45) is 0 Å². The summed E-state index contributed by atoms with van der Waals surface area (Å²) in [6, 6.07) is 8.59. The first-order chi connectivity index (χ1) is 9.95. The van der Waals surface area contributed by atoms with Gasteiger partial charge >= 0.3 is 0 Å². The summed E-state index contributed by atoms with van der Waals surface area (Å²) >= 11 is 0. The average Bonchev–Trinajstić information content (AvgIpc) is 2.44. The average molecular weight is 286 g/mol. The molecule has 0 saturated heterocycles. The van der Waals surface area contributed by atoms with Gasteiger partial charge in [-0.05, 0) is 25.1 Å². The van der Waals surface area contributed by atoms with Gasteiger partial charge in [0, 0.05) is 36.0 Å². The Bertz CT molecular complexity index is 639. The third kappa shape index (κ3) is 4.06. The van der Waals surface area contributed by atoms with Crippen LogP contribution in [0.4, 0.5) is 5.69 Å². The maximum atomic E-state index is 10.7. The number of rotatable bonds is 5. The smallest absolute Gasteiger partial charge is 0.269 e. The molecule has 6 heteroatoms.